The van der Waals surface area contributed by atoms with E-state index in [1.807, 2.05) is 67.5 Å². The summed E-state index contributed by atoms with van der Waals surface area (Å²) in [5.41, 5.74) is 2.81. The molecule has 1 N–H and O–H groups in total. The van der Waals surface area contributed by atoms with E-state index in [1.165, 1.54) is 0 Å². The van der Waals surface area contributed by atoms with E-state index < -0.39 is 0 Å². The van der Waals surface area contributed by atoms with Crippen molar-refractivity contribution < 1.29 is 4.79 Å². The highest BCUT2D eigenvalue weighted by molar-refractivity contribution is 9.10. The first-order chi connectivity index (χ1) is 10.5. The van der Waals surface area contributed by atoms with Crippen molar-refractivity contribution in [3.63, 3.8) is 0 Å². The van der Waals surface area contributed by atoms with Crippen LogP contribution in [0.5, 0.6) is 0 Å². The molecule has 0 radical (unpaired) electrons. The Morgan fingerprint density at radius 3 is 2.45 bits per heavy atom. The van der Waals surface area contributed by atoms with Crippen molar-refractivity contribution in [1.29, 1.82) is 0 Å². The van der Waals surface area contributed by atoms with Crippen LogP contribution >= 0.6 is 15.9 Å². The SMILES string of the molecule is CCC(NC(=O)c1cccc(N(C)C)c1)c1ccc(Br)cc1. The number of carbonyl (C=O) groups is 1. The van der Waals surface area contributed by atoms with Crippen molar-refractivity contribution in [2.45, 2.75) is 19.4 Å². The predicted octanol–water partition coefficient (Wildman–Crippen LogP) is 4.40. The largest absolute Gasteiger partial charge is 0.378 e. The molecule has 0 spiro atoms. The third-order valence-electron chi connectivity index (χ3n) is 3.61. The summed E-state index contributed by atoms with van der Waals surface area (Å²) in [5, 5.41) is 3.11. The first kappa shape index (κ1) is 16.6. The van der Waals surface area contributed by atoms with Crippen molar-refractivity contribution in [3.05, 3.63) is 64.1 Å². The van der Waals surface area contributed by atoms with Crippen LogP contribution in [-0.2, 0) is 0 Å². The Labute approximate surface area is 140 Å². The normalized spacial score (nSPS) is 11.8. The minimum atomic E-state index is -0.0431. The van der Waals surface area contributed by atoms with Crippen LogP contribution in [0.2, 0.25) is 0 Å². The smallest absolute Gasteiger partial charge is 0.251 e. The summed E-state index contributed by atoms with van der Waals surface area (Å²) in [4.78, 5) is 14.5. The molecule has 0 aliphatic heterocycles. The summed E-state index contributed by atoms with van der Waals surface area (Å²) in [6, 6.07) is 15.7. The van der Waals surface area contributed by atoms with E-state index in [0.717, 1.165) is 22.1 Å². The molecule has 0 saturated carbocycles. The van der Waals surface area contributed by atoms with Crippen molar-refractivity contribution in [1.82, 2.24) is 5.32 Å². The average Bonchev–Trinajstić information content (AvgIpc) is 2.53. The lowest BCUT2D eigenvalue weighted by Gasteiger charge is -2.19. The summed E-state index contributed by atoms with van der Waals surface area (Å²) in [6.07, 6.45) is 0.848. The number of halogens is 1. The second-order valence-corrected chi connectivity index (χ2v) is 6.35. The van der Waals surface area contributed by atoms with Crippen LogP contribution in [-0.4, -0.2) is 20.0 Å². The van der Waals surface area contributed by atoms with Gasteiger partial charge in [-0.05, 0) is 42.3 Å². The molecule has 116 valence electrons. The third-order valence-corrected chi connectivity index (χ3v) is 4.14. The molecule has 3 nitrogen and oxygen atoms in total. The maximum Gasteiger partial charge on any atom is 0.251 e. The van der Waals surface area contributed by atoms with Gasteiger partial charge in [0.1, 0.15) is 0 Å². The lowest BCUT2D eigenvalue weighted by molar-refractivity contribution is 0.0935. The second-order valence-electron chi connectivity index (χ2n) is 5.43. The van der Waals surface area contributed by atoms with Gasteiger partial charge in [0.05, 0.1) is 6.04 Å². The molecule has 0 heterocycles. The number of hydrogen-bond donors (Lipinski definition) is 1. The van der Waals surface area contributed by atoms with Crippen molar-refractivity contribution in [2.75, 3.05) is 19.0 Å². The fourth-order valence-corrected chi connectivity index (χ4v) is 2.55. The summed E-state index contributed by atoms with van der Waals surface area (Å²) in [7, 11) is 3.93. The molecule has 2 rings (SSSR count). The first-order valence-electron chi connectivity index (χ1n) is 7.35. The summed E-state index contributed by atoms with van der Waals surface area (Å²) in [6.45, 7) is 2.07. The van der Waals surface area contributed by atoms with Gasteiger partial charge in [-0.1, -0.05) is 41.1 Å². The molecule has 1 unspecified atom stereocenters. The molecule has 2 aromatic rings. The van der Waals surface area contributed by atoms with Gasteiger partial charge in [0.2, 0.25) is 0 Å². The van der Waals surface area contributed by atoms with Crippen molar-refractivity contribution in [3.8, 4) is 0 Å². The zero-order valence-electron chi connectivity index (χ0n) is 13.1. The molecule has 0 saturated heterocycles. The highest BCUT2D eigenvalue weighted by Gasteiger charge is 2.14. The van der Waals surface area contributed by atoms with E-state index in [9.17, 15) is 4.79 Å². The molecule has 0 aliphatic rings. The number of hydrogen-bond acceptors (Lipinski definition) is 2. The van der Waals surface area contributed by atoms with Gasteiger partial charge in [-0.2, -0.15) is 0 Å². The highest BCUT2D eigenvalue weighted by Crippen LogP contribution is 2.21. The van der Waals surface area contributed by atoms with Gasteiger partial charge in [0.25, 0.3) is 5.91 Å². The van der Waals surface area contributed by atoms with Crippen LogP contribution in [0.4, 0.5) is 5.69 Å². The van der Waals surface area contributed by atoms with Crippen LogP contribution in [0.25, 0.3) is 0 Å². The van der Waals surface area contributed by atoms with E-state index >= 15 is 0 Å². The standard InChI is InChI=1S/C18H21BrN2O/c1-4-17(13-8-10-15(19)11-9-13)20-18(22)14-6-5-7-16(12-14)21(2)3/h5-12,17H,4H2,1-3H3,(H,20,22). The second kappa shape index (κ2) is 7.45. The topological polar surface area (TPSA) is 32.3 Å². The Morgan fingerprint density at radius 2 is 1.86 bits per heavy atom. The fourth-order valence-electron chi connectivity index (χ4n) is 2.28. The minimum Gasteiger partial charge on any atom is -0.378 e. The molecule has 2 aromatic carbocycles. The zero-order valence-corrected chi connectivity index (χ0v) is 14.7. The van der Waals surface area contributed by atoms with Gasteiger partial charge in [-0.25, -0.2) is 0 Å². The number of anilines is 1. The predicted molar refractivity (Wildman–Crippen MR) is 95.4 cm³/mol. The number of nitrogens with zero attached hydrogens (tertiary/aromatic N) is 1. The number of carbonyl (C=O) groups excluding carboxylic acids is 1. The Hall–Kier alpha value is -1.81. The van der Waals surface area contributed by atoms with Crippen LogP contribution in [0.3, 0.4) is 0 Å². The van der Waals surface area contributed by atoms with E-state index in [0.29, 0.717) is 5.56 Å². The van der Waals surface area contributed by atoms with Crippen LogP contribution < -0.4 is 10.2 Å². The number of rotatable bonds is 5. The Bertz CT molecular complexity index is 638. The van der Waals surface area contributed by atoms with E-state index in [-0.39, 0.29) is 11.9 Å². The van der Waals surface area contributed by atoms with Crippen molar-refractivity contribution >= 4 is 27.5 Å². The molecule has 0 fully saturated rings. The average molecular weight is 361 g/mol. The molecule has 1 amide bonds. The number of amides is 1. The van der Waals surface area contributed by atoms with Crippen molar-refractivity contribution in [2.24, 2.45) is 0 Å². The van der Waals surface area contributed by atoms with Gasteiger partial charge in [-0.15, -0.1) is 0 Å². The monoisotopic (exact) mass is 360 g/mol. The Balaban J connectivity index is 2.15. The van der Waals surface area contributed by atoms with Gasteiger partial charge in [-0.3, -0.25) is 4.79 Å². The molecular weight excluding hydrogens is 340 g/mol. The molecule has 0 aliphatic carbocycles. The Morgan fingerprint density at radius 1 is 1.18 bits per heavy atom. The summed E-state index contributed by atoms with van der Waals surface area (Å²) < 4.78 is 1.04. The van der Waals surface area contributed by atoms with Crippen LogP contribution in [0.15, 0.2) is 53.0 Å². The first-order valence-corrected chi connectivity index (χ1v) is 8.14. The quantitative estimate of drug-likeness (QED) is 0.856. The molecule has 1 atom stereocenters. The van der Waals surface area contributed by atoms with E-state index in [2.05, 4.69) is 28.2 Å². The van der Waals surface area contributed by atoms with Crippen LogP contribution in [0.1, 0.15) is 35.3 Å². The van der Waals surface area contributed by atoms with Gasteiger partial charge in [0, 0.05) is 29.8 Å². The molecular formula is C18H21BrN2O. The van der Waals surface area contributed by atoms with Gasteiger partial charge < -0.3 is 10.2 Å². The summed E-state index contributed by atoms with van der Waals surface area (Å²) >= 11 is 3.43. The molecule has 0 aromatic heterocycles. The lowest BCUT2D eigenvalue weighted by Crippen LogP contribution is -2.28. The lowest BCUT2D eigenvalue weighted by atomic mass is 10.0. The van der Waals surface area contributed by atoms with E-state index in [1.54, 1.807) is 0 Å². The van der Waals surface area contributed by atoms with Gasteiger partial charge in [0.15, 0.2) is 0 Å². The Kier molecular flexibility index (Phi) is 5.61. The summed E-state index contributed by atoms with van der Waals surface area (Å²) in [5.74, 6) is -0.0431. The van der Waals surface area contributed by atoms with Crippen LogP contribution in [0, 0.1) is 0 Å². The van der Waals surface area contributed by atoms with Gasteiger partial charge >= 0.3 is 0 Å². The molecule has 22 heavy (non-hydrogen) atoms. The number of benzene rings is 2. The molecule has 0 bridgehead atoms. The minimum absolute atomic E-state index is 0.0172. The maximum atomic E-state index is 12.5. The molecule has 4 heteroatoms. The van der Waals surface area contributed by atoms with E-state index in [4.69, 9.17) is 0 Å². The fraction of sp³-hybridized carbons (Fsp3) is 0.278. The zero-order chi connectivity index (χ0) is 16.1. The highest BCUT2D eigenvalue weighted by atomic mass is 79.9. The number of nitrogens with one attached hydrogen (secondary N) is 1. The third kappa shape index (κ3) is 4.10. The maximum absolute atomic E-state index is 12.5.